The molecular formula is C16H17NO2. The van der Waals surface area contributed by atoms with Crippen molar-refractivity contribution in [3.05, 3.63) is 71.8 Å². The summed E-state index contributed by atoms with van der Waals surface area (Å²) in [5.41, 5.74) is 1.44. The van der Waals surface area contributed by atoms with Gasteiger partial charge in [0.05, 0.1) is 12.6 Å². The van der Waals surface area contributed by atoms with Crippen molar-refractivity contribution in [2.24, 2.45) is 0 Å². The molecule has 0 spiro atoms. The number of aliphatic hydroxyl groups excluding tert-OH is 1. The van der Waals surface area contributed by atoms with Crippen molar-refractivity contribution in [2.75, 3.05) is 13.6 Å². The molecule has 0 aliphatic heterocycles. The van der Waals surface area contributed by atoms with Gasteiger partial charge in [-0.3, -0.25) is 4.79 Å². The van der Waals surface area contributed by atoms with Gasteiger partial charge >= 0.3 is 0 Å². The lowest BCUT2D eigenvalue weighted by Gasteiger charge is -2.21. The highest BCUT2D eigenvalue weighted by atomic mass is 16.3. The Morgan fingerprint density at radius 2 is 1.58 bits per heavy atom. The van der Waals surface area contributed by atoms with E-state index in [1.807, 2.05) is 48.5 Å². The van der Waals surface area contributed by atoms with Crippen LogP contribution in [0.1, 0.15) is 22.0 Å². The minimum absolute atomic E-state index is 0.0874. The molecule has 2 aromatic carbocycles. The molecule has 0 saturated heterocycles. The van der Waals surface area contributed by atoms with Gasteiger partial charge in [0.25, 0.3) is 5.91 Å². The third-order valence-corrected chi connectivity index (χ3v) is 3.00. The molecule has 0 fully saturated rings. The Balaban J connectivity index is 2.02. The van der Waals surface area contributed by atoms with Crippen LogP contribution < -0.4 is 0 Å². The molecule has 1 amide bonds. The topological polar surface area (TPSA) is 40.5 Å². The zero-order valence-electron chi connectivity index (χ0n) is 10.9. The van der Waals surface area contributed by atoms with Gasteiger partial charge in [-0.25, -0.2) is 0 Å². The molecule has 1 atom stereocenters. The van der Waals surface area contributed by atoms with Crippen molar-refractivity contribution in [1.29, 1.82) is 0 Å². The summed E-state index contributed by atoms with van der Waals surface area (Å²) in [7, 11) is 1.70. The Hall–Kier alpha value is -2.13. The van der Waals surface area contributed by atoms with Crippen LogP contribution in [-0.4, -0.2) is 29.5 Å². The first-order valence-corrected chi connectivity index (χ1v) is 6.22. The van der Waals surface area contributed by atoms with Gasteiger partial charge in [-0.05, 0) is 17.7 Å². The van der Waals surface area contributed by atoms with Crippen molar-refractivity contribution in [2.45, 2.75) is 6.10 Å². The molecule has 2 rings (SSSR count). The molecule has 19 heavy (non-hydrogen) atoms. The SMILES string of the molecule is CN(C[C@H](O)c1ccccc1)C(=O)c1ccccc1. The van der Waals surface area contributed by atoms with Gasteiger partial charge in [-0.1, -0.05) is 48.5 Å². The number of rotatable bonds is 4. The second-order valence-corrected chi connectivity index (χ2v) is 4.48. The Morgan fingerprint density at radius 1 is 1.05 bits per heavy atom. The molecule has 0 bridgehead atoms. The quantitative estimate of drug-likeness (QED) is 0.911. The van der Waals surface area contributed by atoms with Gasteiger partial charge in [0.15, 0.2) is 0 Å². The number of benzene rings is 2. The van der Waals surface area contributed by atoms with E-state index in [0.717, 1.165) is 5.56 Å². The van der Waals surface area contributed by atoms with Gasteiger partial charge < -0.3 is 10.0 Å². The lowest BCUT2D eigenvalue weighted by molar-refractivity contribution is 0.0681. The molecule has 3 nitrogen and oxygen atoms in total. The summed E-state index contributed by atoms with van der Waals surface area (Å²) < 4.78 is 0. The Bertz CT molecular complexity index is 525. The molecule has 98 valence electrons. The molecule has 0 aliphatic carbocycles. The van der Waals surface area contributed by atoms with Crippen LogP contribution in [0.15, 0.2) is 60.7 Å². The minimum Gasteiger partial charge on any atom is -0.387 e. The van der Waals surface area contributed by atoms with Gasteiger partial charge in [0, 0.05) is 12.6 Å². The van der Waals surface area contributed by atoms with Gasteiger partial charge in [0.1, 0.15) is 0 Å². The van der Waals surface area contributed by atoms with Crippen molar-refractivity contribution < 1.29 is 9.90 Å². The Labute approximate surface area is 113 Å². The van der Waals surface area contributed by atoms with Gasteiger partial charge in [-0.2, -0.15) is 0 Å². The van der Waals surface area contributed by atoms with Crippen molar-refractivity contribution >= 4 is 5.91 Å². The lowest BCUT2D eigenvalue weighted by Crippen LogP contribution is -2.31. The average molecular weight is 255 g/mol. The average Bonchev–Trinajstić information content (AvgIpc) is 2.48. The molecule has 0 aromatic heterocycles. The van der Waals surface area contributed by atoms with Crippen molar-refractivity contribution in [3.8, 4) is 0 Å². The maximum atomic E-state index is 12.1. The summed E-state index contributed by atoms with van der Waals surface area (Å²) in [5.74, 6) is -0.0874. The number of hydrogen-bond acceptors (Lipinski definition) is 2. The summed E-state index contributed by atoms with van der Waals surface area (Å²) in [6.07, 6.45) is -0.668. The van der Waals surface area contributed by atoms with E-state index in [9.17, 15) is 9.90 Å². The molecule has 3 heteroatoms. The van der Waals surface area contributed by atoms with Crippen LogP contribution in [0, 0.1) is 0 Å². The minimum atomic E-state index is -0.668. The fourth-order valence-electron chi connectivity index (χ4n) is 1.92. The van der Waals surface area contributed by atoms with E-state index in [1.165, 1.54) is 4.90 Å². The van der Waals surface area contributed by atoms with E-state index in [1.54, 1.807) is 19.2 Å². The number of carbonyl (C=O) groups is 1. The van der Waals surface area contributed by atoms with E-state index in [2.05, 4.69) is 0 Å². The third kappa shape index (κ3) is 3.42. The number of amides is 1. The number of aliphatic hydroxyl groups is 1. The van der Waals surface area contributed by atoms with Crippen molar-refractivity contribution in [3.63, 3.8) is 0 Å². The number of likely N-dealkylation sites (N-methyl/N-ethyl adjacent to an activating group) is 1. The summed E-state index contributed by atoms with van der Waals surface area (Å²) in [6.45, 7) is 0.276. The first-order chi connectivity index (χ1) is 9.18. The van der Waals surface area contributed by atoms with Gasteiger partial charge in [0.2, 0.25) is 0 Å². The monoisotopic (exact) mass is 255 g/mol. The Kier molecular flexibility index (Phi) is 4.31. The van der Waals surface area contributed by atoms with Crippen LogP contribution in [-0.2, 0) is 0 Å². The predicted octanol–water partition coefficient (Wildman–Crippen LogP) is 2.49. The highest BCUT2D eigenvalue weighted by Crippen LogP contribution is 2.14. The zero-order valence-corrected chi connectivity index (χ0v) is 10.9. The molecule has 0 heterocycles. The standard InChI is InChI=1S/C16H17NO2/c1-17(16(19)14-10-6-3-7-11-14)12-15(18)13-8-4-2-5-9-13/h2-11,15,18H,12H2,1H3/t15-/m0/s1. The molecule has 1 N–H and O–H groups in total. The Morgan fingerprint density at radius 3 is 2.16 bits per heavy atom. The van der Waals surface area contributed by atoms with Crippen LogP contribution in [0.2, 0.25) is 0 Å². The summed E-state index contributed by atoms with van der Waals surface area (Å²) in [5, 5.41) is 10.1. The summed E-state index contributed by atoms with van der Waals surface area (Å²) >= 11 is 0. The van der Waals surface area contributed by atoms with Crippen LogP contribution >= 0.6 is 0 Å². The van der Waals surface area contributed by atoms with Gasteiger partial charge in [-0.15, -0.1) is 0 Å². The lowest BCUT2D eigenvalue weighted by atomic mass is 10.1. The largest absolute Gasteiger partial charge is 0.387 e. The highest BCUT2D eigenvalue weighted by Gasteiger charge is 2.16. The first kappa shape index (κ1) is 13.3. The smallest absolute Gasteiger partial charge is 0.253 e. The fourth-order valence-corrected chi connectivity index (χ4v) is 1.92. The van der Waals surface area contributed by atoms with E-state index in [0.29, 0.717) is 5.56 Å². The predicted molar refractivity (Wildman–Crippen MR) is 74.8 cm³/mol. The van der Waals surface area contributed by atoms with Crippen LogP contribution in [0.4, 0.5) is 0 Å². The molecular weight excluding hydrogens is 238 g/mol. The molecule has 2 aromatic rings. The van der Waals surface area contributed by atoms with Crippen molar-refractivity contribution in [1.82, 2.24) is 4.90 Å². The zero-order chi connectivity index (χ0) is 13.7. The summed E-state index contributed by atoms with van der Waals surface area (Å²) in [4.78, 5) is 13.7. The van der Waals surface area contributed by atoms with Crippen LogP contribution in [0.5, 0.6) is 0 Å². The summed E-state index contributed by atoms with van der Waals surface area (Å²) in [6, 6.07) is 18.4. The number of carbonyl (C=O) groups excluding carboxylic acids is 1. The second-order valence-electron chi connectivity index (χ2n) is 4.48. The number of hydrogen-bond donors (Lipinski definition) is 1. The molecule has 0 radical (unpaired) electrons. The molecule has 0 unspecified atom stereocenters. The normalized spacial score (nSPS) is 11.9. The van der Waals surface area contributed by atoms with E-state index in [-0.39, 0.29) is 12.5 Å². The van der Waals surface area contributed by atoms with E-state index >= 15 is 0 Å². The fraction of sp³-hybridized carbons (Fsp3) is 0.188. The van der Waals surface area contributed by atoms with Crippen LogP contribution in [0.3, 0.4) is 0 Å². The highest BCUT2D eigenvalue weighted by molar-refractivity contribution is 5.94. The third-order valence-electron chi connectivity index (χ3n) is 3.00. The maximum absolute atomic E-state index is 12.1. The van der Waals surface area contributed by atoms with Crippen LogP contribution in [0.25, 0.3) is 0 Å². The number of nitrogens with zero attached hydrogens (tertiary/aromatic N) is 1. The molecule has 0 saturated carbocycles. The molecule has 0 aliphatic rings. The first-order valence-electron chi connectivity index (χ1n) is 6.22. The van der Waals surface area contributed by atoms with E-state index < -0.39 is 6.10 Å². The maximum Gasteiger partial charge on any atom is 0.253 e. The van der Waals surface area contributed by atoms with E-state index in [4.69, 9.17) is 0 Å². The second kappa shape index (κ2) is 6.16.